The van der Waals surface area contributed by atoms with E-state index in [1.165, 1.54) is 0 Å². The highest BCUT2D eigenvalue weighted by molar-refractivity contribution is 6.35. The van der Waals surface area contributed by atoms with Crippen LogP contribution in [-0.2, 0) is 9.59 Å². The fraction of sp³-hybridized carbons (Fsp3) is 0.867. The van der Waals surface area contributed by atoms with E-state index in [2.05, 4.69) is 43.6 Å². The molecular formula is C15H29N3O2. The molecule has 0 bridgehead atoms. The maximum Gasteiger partial charge on any atom is 0.309 e. The van der Waals surface area contributed by atoms with Crippen molar-refractivity contribution in [2.24, 2.45) is 0 Å². The molecule has 116 valence electrons. The summed E-state index contributed by atoms with van der Waals surface area (Å²) in [5.41, 5.74) is -0.0975. The van der Waals surface area contributed by atoms with Crippen LogP contribution in [0.5, 0.6) is 0 Å². The smallest absolute Gasteiger partial charge is 0.309 e. The summed E-state index contributed by atoms with van der Waals surface area (Å²) in [7, 11) is 0. The van der Waals surface area contributed by atoms with Gasteiger partial charge in [0.1, 0.15) is 0 Å². The fourth-order valence-corrected chi connectivity index (χ4v) is 3.07. The summed E-state index contributed by atoms with van der Waals surface area (Å²) in [6, 6.07) is 0.0468. The Morgan fingerprint density at radius 3 is 2.10 bits per heavy atom. The van der Waals surface area contributed by atoms with Gasteiger partial charge in [0, 0.05) is 23.2 Å². The molecule has 0 radical (unpaired) electrons. The minimum absolute atomic E-state index is 0.0224. The highest BCUT2D eigenvalue weighted by Gasteiger charge is 2.38. The predicted molar refractivity (Wildman–Crippen MR) is 80.4 cm³/mol. The van der Waals surface area contributed by atoms with E-state index in [4.69, 9.17) is 0 Å². The molecule has 20 heavy (non-hydrogen) atoms. The molecule has 1 aliphatic heterocycles. The SMILES string of the molecule is CC[C@H](C)NC(=O)C(=O)NC1CC(C)(C)NC(C)(C)C1. The fourth-order valence-electron chi connectivity index (χ4n) is 3.07. The lowest BCUT2D eigenvalue weighted by atomic mass is 9.79. The van der Waals surface area contributed by atoms with Crippen LogP contribution in [0.2, 0.25) is 0 Å². The summed E-state index contributed by atoms with van der Waals surface area (Å²) in [5, 5.41) is 9.12. The molecule has 2 amide bonds. The Morgan fingerprint density at radius 1 is 1.15 bits per heavy atom. The highest BCUT2D eigenvalue weighted by atomic mass is 16.2. The van der Waals surface area contributed by atoms with E-state index in [0.717, 1.165) is 19.3 Å². The standard InChI is InChI=1S/C15H29N3O2/c1-7-10(2)16-12(19)13(20)17-11-8-14(3,4)18-15(5,6)9-11/h10-11,18H,7-9H2,1-6H3,(H,16,19)(H,17,20)/t10-/m0/s1. The number of nitrogens with one attached hydrogen (secondary N) is 3. The van der Waals surface area contributed by atoms with E-state index in [1.54, 1.807) is 0 Å². The lowest BCUT2D eigenvalue weighted by Gasteiger charge is -2.46. The molecule has 1 saturated heterocycles. The third-order valence-electron chi connectivity index (χ3n) is 3.72. The third-order valence-corrected chi connectivity index (χ3v) is 3.72. The second-order valence-corrected chi connectivity index (χ2v) is 7.25. The van der Waals surface area contributed by atoms with Crippen molar-refractivity contribution in [3.63, 3.8) is 0 Å². The number of hydrogen-bond donors (Lipinski definition) is 3. The molecule has 0 unspecified atom stereocenters. The Morgan fingerprint density at radius 2 is 1.65 bits per heavy atom. The van der Waals surface area contributed by atoms with Gasteiger partial charge in [-0.2, -0.15) is 0 Å². The molecule has 0 spiro atoms. The summed E-state index contributed by atoms with van der Waals surface area (Å²) < 4.78 is 0. The van der Waals surface area contributed by atoms with Crippen LogP contribution in [0.1, 0.15) is 60.8 Å². The first kappa shape index (κ1) is 17.0. The van der Waals surface area contributed by atoms with Gasteiger partial charge in [0.25, 0.3) is 0 Å². The second kappa shape index (κ2) is 6.12. The molecule has 1 heterocycles. The Hall–Kier alpha value is -1.10. The number of hydrogen-bond acceptors (Lipinski definition) is 3. The molecule has 5 nitrogen and oxygen atoms in total. The molecule has 1 rings (SSSR count). The van der Waals surface area contributed by atoms with Crippen molar-refractivity contribution in [3.8, 4) is 0 Å². The highest BCUT2D eigenvalue weighted by Crippen LogP contribution is 2.28. The average Bonchev–Trinajstić information content (AvgIpc) is 2.23. The van der Waals surface area contributed by atoms with E-state index >= 15 is 0 Å². The molecule has 5 heteroatoms. The van der Waals surface area contributed by atoms with E-state index in [1.807, 2.05) is 13.8 Å². The normalized spacial score (nSPS) is 22.9. The van der Waals surface area contributed by atoms with Crippen LogP contribution in [0, 0.1) is 0 Å². The first-order chi connectivity index (χ1) is 9.04. The van der Waals surface area contributed by atoms with Crippen molar-refractivity contribution < 1.29 is 9.59 Å². The van der Waals surface area contributed by atoms with E-state index < -0.39 is 11.8 Å². The monoisotopic (exact) mass is 283 g/mol. The number of carbonyl (C=O) groups is 2. The molecule has 1 atom stereocenters. The minimum atomic E-state index is -0.534. The first-order valence-corrected chi connectivity index (χ1v) is 7.45. The van der Waals surface area contributed by atoms with Crippen LogP contribution in [0.4, 0.5) is 0 Å². The van der Waals surface area contributed by atoms with Gasteiger partial charge in [-0.3, -0.25) is 9.59 Å². The van der Waals surface area contributed by atoms with Crippen LogP contribution < -0.4 is 16.0 Å². The molecule has 3 N–H and O–H groups in total. The van der Waals surface area contributed by atoms with E-state index in [9.17, 15) is 9.59 Å². The van der Waals surface area contributed by atoms with Crippen LogP contribution in [0.25, 0.3) is 0 Å². The largest absolute Gasteiger partial charge is 0.345 e. The molecule has 0 aromatic carbocycles. The van der Waals surface area contributed by atoms with Gasteiger partial charge in [-0.15, -0.1) is 0 Å². The molecule has 0 saturated carbocycles. The van der Waals surface area contributed by atoms with Crippen molar-refractivity contribution in [2.45, 2.75) is 84.0 Å². The van der Waals surface area contributed by atoms with Crippen LogP contribution in [0.3, 0.4) is 0 Å². The summed E-state index contributed by atoms with van der Waals surface area (Å²) in [6.07, 6.45) is 2.45. The van der Waals surface area contributed by atoms with Gasteiger partial charge in [0.15, 0.2) is 0 Å². The van der Waals surface area contributed by atoms with E-state index in [0.29, 0.717) is 0 Å². The third kappa shape index (κ3) is 5.12. The number of rotatable bonds is 3. The minimum Gasteiger partial charge on any atom is -0.345 e. The van der Waals surface area contributed by atoms with Crippen molar-refractivity contribution in [3.05, 3.63) is 0 Å². The van der Waals surface area contributed by atoms with Gasteiger partial charge in [-0.1, -0.05) is 6.92 Å². The molecule has 0 aromatic heterocycles. The van der Waals surface area contributed by atoms with Crippen molar-refractivity contribution >= 4 is 11.8 Å². The van der Waals surface area contributed by atoms with Gasteiger partial charge < -0.3 is 16.0 Å². The Bertz CT molecular complexity index is 361. The zero-order chi connectivity index (χ0) is 15.6. The maximum atomic E-state index is 11.9. The van der Waals surface area contributed by atoms with Crippen LogP contribution in [-0.4, -0.2) is 35.0 Å². The topological polar surface area (TPSA) is 70.2 Å². The van der Waals surface area contributed by atoms with Gasteiger partial charge >= 0.3 is 11.8 Å². The number of amides is 2. The second-order valence-electron chi connectivity index (χ2n) is 7.25. The van der Waals surface area contributed by atoms with Crippen LogP contribution in [0.15, 0.2) is 0 Å². The molecule has 0 aromatic rings. The van der Waals surface area contributed by atoms with Gasteiger partial charge in [0.05, 0.1) is 0 Å². The lowest BCUT2D eigenvalue weighted by molar-refractivity contribution is -0.140. The summed E-state index contributed by atoms with van der Waals surface area (Å²) in [4.78, 5) is 23.7. The number of carbonyl (C=O) groups excluding carboxylic acids is 2. The quantitative estimate of drug-likeness (QED) is 0.684. The molecule has 0 aliphatic carbocycles. The molecule has 1 aliphatic rings. The number of piperidine rings is 1. The Kier molecular flexibility index (Phi) is 5.19. The zero-order valence-electron chi connectivity index (χ0n) is 13.6. The van der Waals surface area contributed by atoms with Gasteiger partial charge in [-0.25, -0.2) is 0 Å². The Labute approximate surface area is 122 Å². The summed E-state index contributed by atoms with van der Waals surface area (Å²) in [5.74, 6) is -1.06. The maximum absolute atomic E-state index is 11.9. The van der Waals surface area contributed by atoms with Gasteiger partial charge in [-0.05, 0) is 53.9 Å². The first-order valence-electron chi connectivity index (χ1n) is 7.45. The summed E-state index contributed by atoms with van der Waals surface area (Å²) >= 11 is 0. The average molecular weight is 283 g/mol. The predicted octanol–water partition coefficient (Wildman–Crippen LogP) is 1.33. The summed E-state index contributed by atoms with van der Waals surface area (Å²) in [6.45, 7) is 12.3. The van der Waals surface area contributed by atoms with Crippen molar-refractivity contribution in [2.75, 3.05) is 0 Å². The van der Waals surface area contributed by atoms with Gasteiger partial charge in [0.2, 0.25) is 0 Å². The van der Waals surface area contributed by atoms with Crippen molar-refractivity contribution in [1.82, 2.24) is 16.0 Å². The van der Waals surface area contributed by atoms with Crippen molar-refractivity contribution in [1.29, 1.82) is 0 Å². The van der Waals surface area contributed by atoms with E-state index in [-0.39, 0.29) is 23.2 Å². The molecular weight excluding hydrogens is 254 g/mol. The Balaban J connectivity index is 2.59. The lowest BCUT2D eigenvalue weighted by Crippen LogP contribution is -2.63. The zero-order valence-corrected chi connectivity index (χ0v) is 13.6. The molecule has 1 fully saturated rings. The van der Waals surface area contributed by atoms with Crippen LogP contribution >= 0.6 is 0 Å².